The molecule has 1 aliphatic rings. The Hall–Kier alpha value is -0.890. The van der Waals surface area contributed by atoms with Crippen LogP contribution in [-0.2, 0) is 6.18 Å². The smallest absolute Gasteiger partial charge is 0.344 e. The van der Waals surface area contributed by atoms with Crippen molar-refractivity contribution in [3.8, 4) is 0 Å². The third-order valence-electron chi connectivity index (χ3n) is 3.55. The van der Waals surface area contributed by atoms with Gasteiger partial charge >= 0.3 is 6.18 Å². The summed E-state index contributed by atoms with van der Waals surface area (Å²) in [6.07, 6.45) is 0.0853. The minimum absolute atomic E-state index is 0.217. The SMILES string of the molecule is CCCN(c1nnc(C(F)(F)F)s1)C1CCC(N)CC1. The van der Waals surface area contributed by atoms with Crippen molar-refractivity contribution in [1.82, 2.24) is 10.2 Å². The highest BCUT2D eigenvalue weighted by molar-refractivity contribution is 7.15. The van der Waals surface area contributed by atoms with E-state index in [1.807, 2.05) is 11.8 Å². The molecule has 1 aromatic heterocycles. The molecule has 0 spiro atoms. The summed E-state index contributed by atoms with van der Waals surface area (Å²) in [5.74, 6) is 0. The lowest BCUT2D eigenvalue weighted by Crippen LogP contribution is -2.41. The van der Waals surface area contributed by atoms with Gasteiger partial charge in [0.25, 0.3) is 0 Å². The molecule has 4 nitrogen and oxygen atoms in total. The van der Waals surface area contributed by atoms with Crippen molar-refractivity contribution in [2.45, 2.75) is 57.3 Å². The highest BCUT2D eigenvalue weighted by Gasteiger charge is 2.37. The van der Waals surface area contributed by atoms with E-state index in [1.165, 1.54) is 0 Å². The Morgan fingerprint density at radius 1 is 1.25 bits per heavy atom. The van der Waals surface area contributed by atoms with Crippen LogP contribution in [0.4, 0.5) is 18.3 Å². The summed E-state index contributed by atoms with van der Waals surface area (Å²) in [5, 5.41) is 6.52. The van der Waals surface area contributed by atoms with Crippen LogP contribution in [0.1, 0.15) is 44.0 Å². The highest BCUT2D eigenvalue weighted by Crippen LogP contribution is 2.36. The molecule has 0 amide bonds. The third-order valence-corrected chi connectivity index (χ3v) is 4.55. The maximum Gasteiger partial charge on any atom is 0.445 e. The van der Waals surface area contributed by atoms with Crippen molar-refractivity contribution in [2.24, 2.45) is 5.73 Å². The summed E-state index contributed by atoms with van der Waals surface area (Å²) in [6.45, 7) is 2.71. The van der Waals surface area contributed by atoms with Gasteiger partial charge in [0.2, 0.25) is 10.1 Å². The molecule has 1 saturated carbocycles. The lowest BCUT2D eigenvalue weighted by Gasteiger charge is -2.35. The van der Waals surface area contributed by atoms with Gasteiger partial charge in [0, 0.05) is 18.6 Å². The summed E-state index contributed by atoms with van der Waals surface area (Å²) < 4.78 is 37.9. The average molecular weight is 308 g/mol. The van der Waals surface area contributed by atoms with Gasteiger partial charge in [-0.2, -0.15) is 13.2 Å². The van der Waals surface area contributed by atoms with Gasteiger partial charge in [0.05, 0.1) is 0 Å². The van der Waals surface area contributed by atoms with Crippen LogP contribution in [-0.4, -0.2) is 28.8 Å². The standard InChI is InChI=1S/C12H19F3N4S/c1-2-7-19(9-5-3-8(16)4-6-9)11-18-17-10(20-11)12(13,14)15/h8-9H,2-7,16H2,1H3. The first-order valence-corrected chi connectivity index (χ1v) is 7.66. The first kappa shape index (κ1) is 15.5. The monoisotopic (exact) mass is 308 g/mol. The maximum atomic E-state index is 12.6. The fourth-order valence-corrected chi connectivity index (χ4v) is 3.34. The molecule has 20 heavy (non-hydrogen) atoms. The van der Waals surface area contributed by atoms with E-state index in [1.54, 1.807) is 0 Å². The predicted octanol–water partition coefficient (Wildman–Crippen LogP) is 3.04. The predicted molar refractivity (Wildman–Crippen MR) is 72.8 cm³/mol. The summed E-state index contributed by atoms with van der Waals surface area (Å²) in [7, 11) is 0. The van der Waals surface area contributed by atoms with Crippen molar-refractivity contribution in [3.05, 3.63) is 5.01 Å². The molecule has 0 bridgehead atoms. The van der Waals surface area contributed by atoms with E-state index in [4.69, 9.17) is 5.73 Å². The van der Waals surface area contributed by atoms with Gasteiger partial charge in [-0.1, -0.05) is 18.3 Å². The Morgan fingerprint density at radius 2 is 1.90 bits per heavy atom. The van der Waals surface area contributed by atoms with Crippen LogP contribution >= 0.6 is 11.3 Å². The molecule has 2 N–H and O–H groups in total. The third kappa shape index (κ3) is 3.60. The Labute approximate surface area is 120 Å². The lowest BCUT2D eigenvalue weighted by atomic mass is 9.91. The number of nitrogens with zero attached hydrogens (tertiary/aromatic N) is 3. The molecule has 114 valence electrons. The summed E-state index contributed by atoms with van der Waals surface area (Å²) in [4.78, 5) is 1.97. The topological polar surface area (TPSA) is 55.0 Å². The number of alkyl halides is 3. The number of halogens is 3. The molecule has 1 heterocycles. The van der Waals surface area contributed by atoms with E-state index in [9.17, 15) is 13.2 Å². The van der Waals surface area contributed by atoms with Crippen LogP contribution < -0.4 is 10.6 Å². The van der Waals surface area contributed by atoms with Gasteiger partial charge in [-0.05, 0) is 32.1 Å². The quantitative estimate of drug-likeness (QED) is 0.929. The number of nitrogens with two attached hydrogens (primary N) is 1. The lowest BCUT2D eigenvalue weighted by molar-refractivity contribution is -0.138. The van der Waals surface area contributed by atoms with Gasteiger partial charge in [0.1, 0.15) is 0 Å². The Bertz CT molecular complexity index is 427. The van der Waals surface area contributed by atoms with Crippen molar-refractivity contribution in [3.63, 3.8) is 0 Å². The maximum absolute atomic E-state index is 12.6. The number of rotatable bonds is 4. The molecule has 2 rings (SSSR count). The number of aromatic nitrogens is 2. The van der Waals surface area contributed by atoms with Gasteiger partial charge < -0.3 is 10.6 Å². The molecule has 1 aromatic rings. The second kappa shape index (κ2) is 6.26. The summed E-state index contributed by atoms with van der Waals surface area (Å²) >= 11 is 0.630. The van der Waals surface area contributed by atoms with E-state index < -0.39 is 11.2 Å². The van der Waals surface area contributed by atoms with Crippen molar-refractivity contribution in [1.29, 1.82) is 0 Å². The van der Waals surface area contributed by atoms with E-state index in [0.717, 1.165) is 32.1 Å². The molecule has 0 aromatic carbocycles. The second-order valence-corrected chi connectivity index (χ2v) is 6.11. The fourth-order valence-electron chi connectivity index (χ4n) is 2.53. The van der Waals surface area contributed by atoms with E-state index in [-0.39, 0.29) is 12.1 Å². The zero-order valence-corrected chi connectivity index (χ0v) is 12.2. The average Bonchev–Trinajstić information content (AvgIpc) is 2.86. The van der Waals surface area contributed by atoms with Gasteiger partial charge in [-0.3, -0.25) is 0 Å². The van der Waals surface area contributed by atoms with E-state index >= 15 is 0 Å². The van der Waals surface area contributed by atoms with Gasteiger partial charge in [-0.15, -0.1) is 10.2 Å². The number of anilines is 1. The van der Waals surface area contributed by atoms with Crippen LogP contribution in [0.3, 0.4) is 0 Å². The fraction of sp³-hybridized carbons (Fsp3) is 0.833. The molecule has 0 unspecified atom stereocenters. The zero-order valence-electron chi connectivity index (χ0n) is 11.4. The van der Waals surface area contributed by atoms with Gasteiger partial charge in [-0.25, -0.2) is 0 Å². The van der Waals surface area contributed by atoms with Crippen molar-refractivity contribution in [2.75, 3.05) is 11.4 Å². The first-order valence-electron chi connectivity index (χ1n) is 6.84. The first-order chi connectivity index (χ1) is 9.41. The molecule has 0 aliphatic heterocycles. The van der Waals surface area contributed by atoms with Gasteiger partial charge in [0.15, 0.2) is 0 Å². The molecule has 0 saturated heterocycles. The molecule has 0 radical (unpaired) electrons. The van der Waals surface area contributed by atoms with E-state index in [0.29, 0.717) is 23.0 Å². The molecule has 1 aliphatic carbocycles. The summed E-state index contributed by atoms with van der Waals surface area (Å²) in [5.41, 5.74) is 5.88. The minimum atomic E-state index is -4.41. The molecule has 1 fully saturated rings. The largest absolute Gasteiger partial charge is 0.445 e. The molecular formula is C12H19F3N4S. The van der Waals surface area contributed by atoms with Crippen LogP contribution in [0, 0.1) is 0 Å². The number of hydrogen-bond donors (Lipinski definition) is 1. The van der Waals surface area contributed by atoms with E-state index in [2.05, 4.69) is 10.2 Å². The molecular weight excluding hydrogens is 289 g/mol. The molecule has 0 atom stereocenters. The van der Waals surface area contributed by atoms with Crippen LogP contribution in [0.15, 0.2) is 0 Å². The minimum Gasteiger partial charge on any atom is -0.344 e. The van der Waals surface area contributed by atoms with Crippen molar-refractivity contribution < 1.29 is 13.2 Å². The second-order valence-electron chi connectivity index (χ2n) is 5.15. The van der Waals surface area contributed by atoms with Crippen LogP contribution in [0.25, 0.3) is 0 Å². The normalized spacial score (nSPS) is 23.9. The zero-order chi connectivity index (χ0) is 14.8. The van der Waals surface area contributed by atoms with Crippen LogP contribution in [0.2, 0.25) is 0 Å². The Balaban J connectivity index is 2.14. The summed E-state index contributed by atoms with van der Waals surface area (Å²) in [6, 6.07) is 0.443. The molecule has 8 heteroatoms. The van der Waals surface area contributed by atoms with Crippen molar-refractivity contribution >= 4 is 16.5 Å². The number of hydrogen-bond acceptors (Lipinski definition) is 5. The van der Waals surface area contributed by atoms with Crippen LogP contribution in [0.5, 0.6) is 0 Å². The Kier molecular flexibility index (Phi) is 4.85. The highest BCUT2D eigenvalue weighted by atomic mass is 32.1. The Morgan fingerprint density at radius 3 is 2.40 bits per heavy atom.